The largest absolute Gasteiger partial charge is 0.144 e. The first kappa shape index (κ1) is 19.4. The molecule has 1 aromatic heterocycles. The first-order valence-corrected chi connectivity index (χ1v) is 11.8. The predicted octanol–water partition coefficient (Wildman–Crippen LogP) is 9.29. The van der Waals surface area contributed by atoms with Gasteiger partial charge in [-0.15, -0.1) is 11.3 Å². The minimum atomic E-state index is 1.11. The second-order valence-corrected chi connectivity index (χ2v) is 9.02. The number of hydrogen-bond donors (Lipinski definition) is 0. The number of unbranched alkanes of at least 4 members (excludes halogenated alkanes) is 3. The Morgan fingerprint density at radius 2 is 1.50 bits per heavy atom. The zero-order valence-electron chi connectivity index (χ0n) is 16.2. The van der Waals surface area contributed by atoms with Gasteiger partial charge < -0.3 is 0 Å². The second kappa shape index (κ2) is 9.07. The monoisotopic (exact) mass is 448 g/mol. The highest BCUT2D eigenvalue weighted by Gasteiger charge is 2.16. The quantitative estimate of drug-likeness (QED) is 0.195. The zero-order valence-corrected chi connectivity index (χ0v) is 18.7. The molecule has 0 saturated heterocycles. The first-order chi connectivity index (χ1) is 13.8. The number of hydrogen-bond acceptors (Lipinski definition) is 1. The van der Waals surface area contributed by atoms with Gasteiger partial charge in [-0.2, -0.15) is 0 Å². The number of rotatable bonds is 7. The van der Waals surface area contributed by atoms with Crippen molar-refractivity contribution in [3.8, 4) is 0 Å². The van der Waals surface area contributed by atoms with Gasteiger partial charge in [-0.3, -0.25) is 0 Å². The van der Waals surface area contributed by atoms with Crippen LogP contribution in [0.4, 0.5) is 0 Å². The fraction of sp³-hybridized carbons (Fsp3) is 0.231. The van der Waals surface area contributed by atoms with Gasteiger partial charge in [0.25, 0.3) is 0 Å². The van der Waals surface area contributed by atoms with E-state index in [2.05, 4.69) is 95.0 Å². The molecule has 0 unspecified atom stereocenters. The summed E-state index contributed by atoms with van der Waals surface area (Å²) < 4.78 is 1.25. The van der Waals surface area contributed by atoms with E-state index in [1.54, 1.807) is 0 Å². The van der Waals surface area contributed by atoms with Crippen molar-refractivity contribution in [2.45, 2.75) is 39.0 Å². The van der Waals surface area contributed by atoms with Gasteiger partial charge in [0.05, 0.1) is 0 Å². The van der Waals surface area contributed by atoms with Gasteiger partial charge in [0.1, 0.15) is 0 Å². The molecule has 0 atom stereocenters. The molecule has 0 saturated carbocycles. The SMILES string of the molecule is CCCCCC/C(=C(\Br)c1c2ccccc2cc2ccccc12)c1cccs1. The maximum Gasteiger partial charge on any atom is 0.0313 e. The van der Waals surface area contributed by atoms with E-state index < -0.39 is 0 Å². The number of fused-ring (bicyclic) bond motifs is 2. The van der Waals surface area contributed by atoms with Gasteiger partial charge in [-0.1, -0.05) is 80.8 Å². The van der Waals surface area contributed by atoms with Crippen LogP contribution >= 0.6 is 27.3 Å². The molecule has 0 aliphatic rings. The van der Waals surface area contributed by atoms with Gasteiger partial charge in [0.2, 0.25) is 0 Å². The highest BCUT2D eigenvalue weighted by molar-refractivity contribution is 9.15. The molecule has 4 rings (SSSR count). The van der Waals surface area contributed by atoms with Crippen LogP contribution in [0.1, 0.15) is 49.5 Å². The van der Waals surface area contributed by atoms with Crippen LogP contribution in [0.15, 0.2) is 72.1 Å². The van der Waals surface area contributed by atoms with Crippen molar-refractivity contribution >= 4 is 58.9 Å². The summed E-state index contributed by atoms with van der Waals surface area (Å²) in [5.74, 6) is 0. The van der Waals surface area contributed by atoms with Crippen LogP contribution in [-0.4, -0.2) is 0 Å². The molecule has 2 heteroatoms. The average Bonchev–Trinajstić information content (AvgIpc) is 3.26. The summed E-state index contributed by atoms with van der Waals surface area (Å²) in [6, 6.07) is 24.2. The molecule has 0 fully saturated rings. The van der Waals surface area contributed by atoms with Gasteiger partial charge in [0, 0.05) is 14.9 Å². The minimum Gasteiger partial charge on any atom is -0.144 e. The average molecular weight is 449 g/mol. The Hall–Kier alpha value is -1.90. The molecular weight excluding hydrogens is 424 g/mol. The fourth-order valence-corrected chi connectivity index (χ4v) is 5.70. The Bertz CT molecular complexity index is 1050. The number of halogens is 1. The van der Waals surface area contributed by atoms with Crippen LogP contribution < -0.4 is 0 Å². The molecular formula is C26H25BrS. The summed E-state index contributed by atoms with van der Waals surface area (Å²) in [6.07, 6.45) is 6.22. The number of thiophene rings is 1. The van der Waals surface area contributed by atoms with Crippen molar-refractivity contribution in [2.24, 2.45) is 0 Å². The normalized spacial score (nSPS) is 12.5. The molecule has 28 heavy (non-hydrogen) atoms. The van der Waals surface area contributed by atoms with Crippen LogP contribution in [-0.2, 0) is 0 Å². The van der Waals surface area contributed by atoms with E-state index in [1.165, 1.54) is 67.7 Å². The highest BCUT2D eigenvalue weighted by Crippen LogP contribution is 2.42. The lowest BCUT2D eigenvalue weighted by Crippen LogP contribution is -1.91. The molecule has 3 aromatic carbocycles. The van der Waals surface area contributed by atoms with E-state index >= 15 is 0 Å². The molecule has 0 nitrogen and oxygen atoms in total. The molecule has 0 aliphatic heterocycles. The van der Waals surface area contributed by atoms with Crippen LogP contribution in [0.5, 0.6) is 0 Å². The molecule has 142 valence electrons. The van der Waals surface area contributed by atoms with Crippen LogP contribution in [0.3, 0.4) is 0 Å². The van der Waals surface area contributed by atoms with Gasteiger partial charge in [0.15, 0.2) is 0 Å². The Morgan fingerprint density at radius 3 is 2.11 bits per heavy atom. The summed E-state index contributed by atoms with van der Waals surface area (Å²) in [5, 5.41) is 7.41. The third-order valence-electron chi connectivity index (χ3n) is 5.35. The van der Waals surface area contributed by atoms with Crippen molar-refractivity contribution in [1.29, 1.82) is 0 Å². The zero-order chi connectivity index (χ0) is 19.3. The van der Waals surface area contributed by atoms with Crippen LogP contribution in [0.25, 0.3) is 31.6 Å². The molecule has 1 heterocycles. The van der Waals surface area contributed by atoms with E-state index in [0.29, 0.717) is 0 Å². The van der Waals surface area contributed by atoms with Crippen molar-refractivity contribution in [2.75, 3.05) is 0 Å². The van der Waals surface area contributed by atoms with Crippen LogP contribution in [0, 0.1) is 0 Å². The maximum absolute atomic E-state index is 4.07. The fourth-order valence-electron chi connectivity index (χ4n) is 3.92. The van der Waals surface area contributed by atoms with Gasteiger partial charge in [-0.05, 0) is 73.4 Å². The summed E-state index contributed by atoms with van der Waals surface area (Å²) in [4.78, 5) is 1.38. The van der Waals surface area contributed by atoms with Gasteiger partial charge >= 0.3 is 0 Å². The van der Waals surface area contributed by atoms with Crippen molar-refractivity contribution in [3.05, 3.63) is 82.6 Å². The lowest BCUT2D eigenvalue weighted by atomic mass is 9.93. The molecule has 0 bridgehead atoms. The van der Waals surface area contributed by atoms with E-state index in [0.717, 1.165) is 6.42 Å². The highest BCUT2D eigenvalue weighted by atomic mass is 79.9. The Balaban J connectivity index is 1.93. The Labute approximate surface area is 180 Å². The van der Waals surface area contributed by atoms with E-state index in [1.807, 2.05) is 11.3 Å². The summed E-state index contributed by atoms with van der Waals surface area (Å²) in [6.45, 7) is 2.27. The molecule has 0 N–H and O–H groups in total. The molecule has 0 spiro atoms. The lowest BCUT2D eigenvalue weighted by Gasteiger charge is -2.15. The standard InChI is InChI=1S/C26H25BrS/c1-2-3-4-5-15-23(24-16-10-17-28-24)26(27)25-21-13-8-6-11-19(21)18-20-12-7-9-14-22(20)25/h6-14,16-18H,2-5,15H2,1H3/b26-23+. The molecule has 0 aliphatic carbocycles. The summed E-state index contributed by atoms with van der Waals surface area (Å²) in [5.41, 5.74) is 2.76. The smallest absolute Gasteiger partial charge is 0.0313 e. The third kappa shape index (κ3) is 3.94. The summed E-state index contributed by atoms with van der Waals surface area (Å²) in [7, 11) is 0. The van der Waals surface area contributed by atoms with E-state index in [4.69, 9.17) is 0 Å². The molecule has 0 radical (unpaired) electrons. The van der Waals surface area contributed by atoms with Crippen LogP contribution in [0.2, 0.25) is 0 Å². The molecule has 0 amide bonds. The minimum absolute atomic E-state index is 1.11. The third-order valence-corrected chi connectivity index (χ3v) is 7.16. The number of allylic oxidation sites excluding steroid dienone is 1. The van der Waals surface area contributed by atoms with E-state index in [9.17, 15) is 0 Å². The van der Waals surface area contributed by atoms with Crippen molar-refractivity contribution in [1.82, 2.24) is 0 Å². The number of benzene rings is 3. The maximum atomic E-state index is 4.07. The lowest BCUT2D eigenvalue weighted by molar-refractivity contribution is 0.679. The van der Waals surface area contributed by atoms with Gasteiger partial charge in [-0.25, -0.2) is 0 Å². The molecule has 4 aromatic rings. The Kier molecular flexibility index (Phi) is 6.29. The van der Waals surface area contributed by atoms with Crippen molar-refractivity contribution < 1.29 is 0 Å². The second-order valence-electron chi connectivity index (χ2n) is 7.27. The Morgan fingerprint density at radius 1 is 0.821 bits per heavy atom. The van der Waals surface area contributed by atoms with Crippen molar-refractivity contribution in [3.63, 3.8) is 0 Å². The topological polar surface area (TPSA) is 0 Å². The predicted molar refractivity (Wildman–Crippen MR) is 130 cm³/mol. The van der Waals surface area contributed by atoms with E-state index in [-0.39, 0.29) is 0 Å². The first-order valence-electron chi connectivity index (χ1n) is 10.1. The summed E-state index contributed by atoms with van der Waals surface area (Å²) >= 11 is 5.91.